The van der Waals surface area contributed by atoms with E-state index < -0.39 is 0 Å². The quantitative estimate of drug-likeness (QED) is 0.563. The molecule has 0 atom stereocenters. The van der Waals surface area contributed by atoms with Crippen LogP contribution in [0.3, 0.4) is 0 Å². The summed E-state index contributed by atoms with van der Waals surface area (Å²) in [5.74, 6) is 0.446. The van der Waals surface area contributed by atoms with E-state index in [2.05, 4.69) is 43.0 Å². The van der Waals surface area contributed by atoms with E-state index >= 15 is 0 Å². The van der Waals surface area contributed by atoms with E-state index in [4.69, 9.17) is 0 Å². The molecule has 2 aromatic rings. The Morgan fingerprint density at radius 2 is 1.56 bits per heavy atom. The van der Waals surface area contributed by atoms with Gasteiger partial charge in [-0.1, -0.05) is 74.5 Å². The fraction of sp³-hybridized carbons (Fsp3) is 0.407. The zero-order valence-corrected chi connectivity index (χ0v) is 19.3. The summed E-state index contributed by atoms with van der Waals surface area (Å²) in [6.45, 7) is 9.48. The molecule has 0 bridgehead atoms. The molecule has 1 heterocycles. The van der Waals surface area contributed by atoms with Crippen LogP contribution in [-0.2, 0) is 16.1 Å². The van der Waals surface area contributed by atoms with Crippen LogP contribution in [0.25, 0.3) is 6.08 Å². The third-order valence-corrected chi connectivity index (χ3v) is 5.68. The topological polar surface area (TPSA) is 43.9 Å². The maximum atomic E-state index is 12.8. The van der Waals surface area contributed by atoms with Gasteiger partial charge < -0.3 is 9.80 Å². The highest BCUT2D eigenvalue weighted by Gasteiger charge is 2.22. The van der Waals surface area contributed by atoms with Crippen LogP contribution in [0.1, 0.15) is 31.4 Å². The Labute approximate surface area is 192 Å². The van der Waals surface area contributed by atoms with Crippen molar-refractivity contribution in [2.75, 3.05) is 39.3 Å². The first-order chi connectivity index (χ1) is 15.5. The summed E-state index contributed by atoms with van der Waals surface area (Å²) < 4.78 is 0. The molecule has 1 saturated heterocycles. The van der Waals surface area contributed by atoms with Crippen LogP contribution < -0.4 is 0 Å². The minimum absolute atomic E-state index is 0.0389. The molecule has 0 saturated carbocycles. The number of piperazine rings is 1. The van der Waals surface area contributed by atoms with Gasteiger partial charge in [-0.25, -0.2) is 0 Å². The Bertz CT molecular complexity index is 872. The standard InChI is InChI=1S/C27H35N3O2/c1-23(2)21-30(26(31)14-13-24-9-5-3-6-10-24)16-15-27(32)29-19-17-28(18-20-29)22-25-11-7-4-8-12-25/h3-14,23H,15-22H2,1-2H3/b14-13+. The number of hydrogen-bond donors (Lipinski definition) is 0. The molecule has 2 aromatic carbocycles. The first-order valence-corrected chi connectivity index (χ1v) is 11.6. The monoisotopic (exact) mass is 433 g/mol. The molecule has 0 radical (unpaired) electrons. The van der Waals surface area contributed by atoms with Crippen LogP contribution in [-0.4, -0.2) is 65.8 Å². The van der Waals surface area contributed by atoms with Crippen LogP contribution in [0, 0.1) is 5.92 Å². The lowest BCUT2D eigenvalue weighted by Crippen LogP contribution is -2.49. The first-order valence-electron chi connectivity index (χ1n) is 11.6. The van der Waals surface area contributed by atoms with Crippen molar-refractivity contribution in [3.05, 3.63) is 77.9 Å². The molecule has 0 N–H and O–H groups in total. The van der Waals surface area contributed by atoms with E-state index in [1.54, 1.807) is 11.0 Å². The average molecular weight is 434 g/mol. The Morgan fingerprint density at radius 1 is 0.938 bits per heavy atom. The Hall–Kier alpha value is -2.92. The van der Waals surface area contributed by atoms with Gasteiger partial charge >= 0.3 is 0 Å². The SMILES string of the molecule is CC(C)CN(CCC(=O)N1CCN(Cc2ccccc2)CC1)C(=O)/C=C/c1ccccc1. The van der Waals surface area contributed by atoms with E-state index in [0.29, 0.717) is 25.4 Å². The van der Waals surface area contributed by atoms with Crippen molar-refractivity contribution in [1.82, 2.24) is 14.7 Å². The third-order valence-electron chi connectivity index (χ3n) is 5.68. The second-order valence-corrected chi connectivity index (χ2v) is 8.81. The minimum Gasteiger partial charge on any atom is -0.340 e. The van der Waals surface area contributed by atoms with Gasteiger partial charge in [0.25, 0.3) is 0 Å². The Morgan fingerprint density at radius 3 is 2.19 bits per heavy atom. The zero-order valence-electron chi connectivity index (χ0n) is 19.3. The van der Waals surface area contributed by atoms with E-state index in [1.165, 1.54) is 5.56 Å². The number of nitrogens with zero attached hydrogens (tertiary/aromatic N) is 3. The Kier molecular flexibility index (Phi) is 9.05. The Balaban J connectivity index is 1.47. The van der Waals surface area contributed by atoms with Crippen LogP contribution >= 0.6 is 0 Å². The van der Waals surface area contributed by atoms with E-state index in [0.717, 1.165) is 38.3 Å². The van der Waals surface area contributed by atoms with Gasteiger partial charge in [-0.05, 0) is 23.1 Å². The molecule has 1 aliphatic rings. The molecular weight excluding hydrogens is 398 g/mol. The number of benzene rings is 2. The maximum absolute atomic E-state index is 12.8. The van der Waals surface area contributed by atoms with Gasteiger partial charge in [-0.2, -0.15) is 0 Å². The molecule has 1 aliphatic heterocycles. The fourth-order valence-electron chi connectivity index (χ4n) is 3.96. The summed E-state index contributed by atoms with van der Waals surface area (Å²) in [4.78, 5) is 31.7. The molecule has 5 heteroatoms. The van der Waals surface area contributed by atoms with E-state index in [1.807, 2.05) is 47.4 Å². The van der Waals surface area contributed by atoms with Crippen LogP contribution in [0.4, 0.5) is 0 Å². The summed E-state index contributed by atoms with van der Waals surface area (Å²) >= 11 is 0. The molecule has 0 unspecified atom stereocenters. The van der Waals surface area contributed by atoms with Gasteiger partial charge in [0.1, 0.15) is 0 Å². The zero-order chi connectivity index (χ0) is 22.8. The molecule has 0 aliphatic carbocycles. The summed E-state index contributed by atoms with van der Waals surface area (Å²) in [7, 11) is 0. The summed E-state index contributed by atoms with van der Waals surface area (Å²) in [6.07, 6.45) is 3.82. The lowest BCUT2D eigenvalue weighted by Gasteiger charge is -2.35. The highest BCUT2D eigenvalue weighted by Crippen LogP contribution is 2.11. The van der Waals surface area contributed by atoms with Crippen molar-refractivity contribution in [1.29, 1.82) is 0 Å². The summed E-state index contributed by atoms with van der Waals surface area (Å²) in [5, 5.41) is 0. The van der Waals surface area contributed by atoms with Crippen LogP contribution in [0.2, 0.25) is 0 Å². The molecule has 2 amide bonds. The van der Waals surface area contributed by atoms with Crippen molar-refractivity contribution < 1.29 is 9.59 Å². The van der Waals surface area contributed by atoms with E-state index in [9.17, 15) is 9.59 Å². The largest absolute Gasteiger partial charge is 0.340 e. The molecule has 170 valence electrons. The van der Waals surface area contributed by atoms with Crippen molar-refractivity contribution in [2.45, 2.75) is 26.8 Å². The number of carbonyl (C=O) groups is 2. The predicted molar refractivity (Wildman–Crippen MR) is 130 cm³/mol. The first kappa shape index (κ1) is 23.7. The van der Waals surface area contributed by atoms with Crippen molar-refractivity contribution in [3.8, 4) is 0 Å². The molecule has 32 heavy (non-hydrogen) atoms. The smallest absolute Gasteiger partial charge is 0.246 e. The molecule has 0 spiro atoms. The van der Waals surface area contributed by atoms with Crippen molar-refractivity contribution in [3.63, 3.8) is 0 Å². The van der Waals surface area contributed by atoms with E-state index in [-0.39, 0.29) is 11.8 Å². The van der Waals surface area contributed by atoms with Gasteiger partial charge in [-0.3, -0.25) is 14.5 Å². The maximum Gasteiger partial charge on any atom is 0.246 e. The minimum atomic E-state index is -0.0389. The van der Waals surface area contributed by atoms with Crippen LogP contribution in [0.15, 0.2) is 66.7 Å². The number of hydrogen-bond acceptors (Lipinski definition) is 3. The number of carbonyl (C=O) groups excluding carboxylic acids is 2. The van der Waals surface area contributed by atoms with Crippen molar-refractivity contribution >= 4 is 17.9 Å². The predicted octanol–water partition coefficient (Wildman–Crippen LogP) is 3.92. The van der Waals surface area contributed by atoms with Gasteiger partial charge in [0.15, 0.2) is 0 Å². The molecular formula is C27H35N3O2. The summed E-state index contributed by atoms with van der Waals surface area (Å²) in [5.41, 5.74) is 2.30. The normalized spacial score (nSPS) is 14.8. The van der Waals surface area contributed by atoms with Gasteiger partial charge in [0.2, 0.25) is 11.8 Å². The number of amides is 2. The highest BCUT2D eigenvalue weighted by atomic mass is 16.2. The van der Waals surface area contributed by atoms with Gasteiger partial charge in [0, 0.05) is 58.3 Å². The fourth-order valence-corrected chi connectivity index (χ4v) is 3.96. The average Bonchev–Trinajstić information content (AvgIpc) is 2.81. The second kappa shape index (κ2) is 12.2. The van der Waals surface area contributed by atoms with Crippen LogP contribution in [0.5, 0.6) is 0 Å². The molecule has 5 nitrogen and oxygen atoms in total. The van der Waals surface area contributed by atoms with Gasteiger partial charge in [0.05, 0.1) is 0 Å². The molecule has 0 aromatic heterocycles. The number of rotatable bonds is 9. The lowest BCUT2D eigenvalue weighted by atomic mass is 10.1. The lowest BCUT2D eigenvalue weighted by molar-refractivity contribution is -0.134. The molecule has 1 fully saturated rings. The third kappa shape index (κ3) is 7.65. The molecule has 3 rings (SSSR count). The second-order valence-electron chi connectivity index (χ2n) is 8.81. The summed E-state index contributed by atoms with van der Waals surface area (Å²) in [6, 6.07) is 20.2. The highest BCUT2D eigenvalue weighted by molar-refractivity contribution is 5.92. The van der Waals surface area contributed by atoms with Crippen molar-refractivity contribution in [2.24, 2.45) is 5.92 Å². The van der Waals surface area contributed by atoms with Gasteiger partial charge in [-0.15, -0.1) is 0 Å².